The van der Waals surface area contributed by atoms with E-state index in [0.717, 1.165) is 19.1 Å². The first kappa shape index (κ1) is 14.6. The summed E-state index contributed by atoms with van der Waals surface area (Å²) in [7, 11) is 0. The molecule has 0 aliphatic heterocycles. The zero-order valence-corrected chi connectivity index (χ0v) is 11.0. The second-order valence-electron chi connectivity index (χ2n) is 3.42. The molecule has 0 aromatic heterocycles. The van der Waals surface area contributed by atoms with Crippen molar-refractivity contribution in [1.82, 2.24) is 5.32 Å². The van der Waals surface area contributed by atoms with Crippen LogP contribution in [0, 0.1) is 11.6 Å². The monoisotopic (exact) mass is 321 g/mol. The number of amides is 2. The predicted octanol–water partition coefficient (Wildman–Crippen LogP) is 2.54. The van der Waals surface area contributed by atoms with Gasteiger partial charge in [0.05, 0.1) is 11.1 Å². The van der Waals surface area contributed by atoms with E-state index in [9.17, 15) is 18.4 Å². The molecule has 0 radical (unpaired) electrons. The van der Waals surface area contributed by atoms with E-state index in [1.807, 2.05) is 5.32 Å². The second-order valence-corrected chi connectivity index (χ2v) is 4.28. The number of hydrogen-bond donors (Lipinski definition) is 1. The fourth-order valence-electron chi connectivity index (χ4n) is 1.19. The van der Waals surface area contributed by atoms with Gasteiger partial charge in [-0.15, -0.1) is 0 Å². The third-order valence-electron chi connectivity index (χ3n) is 1.97. The normalized spacial score (nSPS) is 10.0. The highest BCUT2D eigenvalue weighted by Crippen LogP contribution is 2.20. The maximum Gasteiger partial charge on any atom is 0.413 e. The van der Waals surface area contributed by atoms with Crippen molar-refractivity contribution in [3.8, 4) is 0 Å². The van der Waals surface area contributed by atoms with E-state index in [2.05, 4.69) is 20.7 Å². The molecule has 98 valence electrons. The van der Waals surface area contributed by atoms with Gasteiger partial charge in [-0.3, -0.25) is 10.1 Å². The molecule has 1 aromatic rings. The zero-order chi connectivity index (χ0) is 13.7. The highest BCUT2D eigenvalue weighted by Gasteiger charge is 2.09. The SMILES string of the molecule is CC(=O)NC(=O)OCCc1cc(F)c(Br)cc1F. The van der Waals surface area contributed by atoms with Gasteiger partial charge in [0.25, 0.3) is 0 Å². The molecule has 1 aromatic carbocycles. The summed E-state index contributed by atoms with van der Waals surface area (Å²) in [5.74, 6) is -1.75. The van der Waals surface area contributed by atoms with Crippen molar-refractivity contribution in [2.45, 2.75) is 13.3 Å². The summed E-state index contributed by atoms with van der Waals surface area (Å²) in [5, 5.41) is 1.89. The van der Waals surface area contributed by atoms with E-state index in [0.29, 0.717) is 0 Å². The van der Waals surface area contributed by atoms with Gasteiger partial charge < -0.3 is 4.74 Å². The zero-order valence-electron chi connectivity index (χ0n) is 9.43. The Balaban J connectivity index is 2.52. The molecule has 4 nitrogen and oxygen atoms in total. The Morgan fingerprint density at radius 1 is 1.33 bits per heavy atom. The topological polar surface area (TPSA) is 55.4 Å². The van der Waals surface area contributed by atoms with Gasteiger partial charge in [-0.05, 0) is 33.6 Å². The smallest absolute Gasteiger partial charge is 0.413 e. The molecule has 2 amide bonds. The minimum Gasteiger partial charge on any atom is -0.449 e. The minimum atomic E-state index is -0.916. The van der Waals surface area contributed by atoms with E-state index >= 15 is 0 Å². The number of hydrogen-bond acceptors (Lipinski definition) is 3. The largest absolute Gasteiger partial charge is 0.449 e. The lowest BCUT2D eigenvalue weighted by Crippen LogP contribution is -2.29. The lowest BCUT2D eigenvalue weighted by Gasteiger charge is -2.06. The highest BCUT2D eigenvalue weighted by molar-refractivity contribution is 9.10. The van der Waals surface area contributed by atoms with Gasteiger partial charge in [-0.25, -0.2) is 13.6 Å². The summed E-state index contributed by atoms with van der Waals surface area (Å²) in [5.41, 5.74) is 0.0892. The van der Waals surface area contributed by atoms with Gasteiger partial charge in [0.15, 0.2) is 0 Å². The number of carbonyl (C=O) groups is 2. The lowest BCUT2D eigenvalue weighted by atomic mass is 10.1. The van der Waals surface area contributed by atoms with Crippen LogP contribution in [0.4, 0.5) is 13.6 Å². The van der Waals surface area contributed by atoms with E-state index in [1.54, 1.807) is 0 Å². The van der Waals surface area contributed by atoms with Crippen LogP contribution in [0.25, 0.3) is 0 Å². The van der Waals surface area contributed by atoms with Gasteiger partial charge in [0, 0.05) is 13.3 Å². The van der Waals surface area contributed by atoms with Crippen LogP contribution >= 0.6 is 15.9 Å². The van der Waals surface area contributed by atoms with Crippen LogP contribution in [-0.4, -0.2) is 18.6 Å². The number of nitrogens with one attached hydrogen (secondary N) is 1. The Bertz CT molecular complexity index is 480. The number of ether oxygens (including phenoxy) is 1. The highest BCUT2D eigenvalue weighted by atomic mass is 79.9. The van der Waals surface area contributed by atoms with Gasteiger partial charge in [-0.2, -0.15) is 0 Å². The molecule has 1 rings (SSSR count). The van der Waals surface area contributed by atoms with Crippen LogP contribution in [-0.2, 0) is 16.0 Å². The van der Waals surface area contributed by atoms with E-state index in [1.165, 1.54) is 0 Å². The Kier molecular flexibility index (Phi) is 5.21. The maximum absolute atomic E-state index is 13.4. The van der Waals surface area contributed by atoms with Crippen LogP contribution in [0.5, 0.6) is 0 Å². The Morgan fingerprint density at radius 2 is 2.00 bits per heavy atom. The molecule has 0 aliphatic rings. The number of benzene rings is 1. The van der Waals surface area contributed by atoms with Crippen molar-refractivity contribution >= 4 is 27.9 Å². The van der Waals surface area contributed by atoms with Crippen molar-refractivity contribution in [2.24, 2.45) is 0 Å². The molecule has 0 aliphatic carbocycles. The van der Waals surface area contributed by atoms with Crippen LogP contribution in [0.1, 0.15) is 12.5 Å². The first-order chi connectivity index (χ1) is 8.40. The first-order valence-electron chi connectivity index (χ1n) is 4.98. The molecule has 0 saturated carbocycles. The number of halogens is 3. The molecule has 7 heteroatoms. The van der Waals surface area contributed by atoms with Crippen LogP contribution in [0.2, 0.25) is 0 Å². The standard InChI is InChI=1S/C11H10BrF2NO3/c1-6(16)15-11(17)18-3-2-7-4-10(14)8(12)5-9(7)13/h4-5H,2-3H2,1H3,(H,15,16,17). The molecule has 0 spiro atoms. The minimum absolute atomic E-state index is 0.0152. The van der Waals surface area contributed by atoms with Crippen LogP contribution in [0.3, 0.4) is 0 Å². The quantitative estimate of drug-likeness (QED) is 0.870. The van der Waals surface area contributed by atoms with Gasteiger partial charge in [-0.1, -0.05) is 0 Å². The summed E-state index contributed by atoms with van der Waals surface area (Å²) >= 11 is 2.85. The molecular formula is C11H10BrF2NO3. The molecule has 0 saturated heterocycles. The molecular weight excluding hydrogens is 312 g/mol. The fourth-order valence-corrected chi connectivity index (χ4v) is 1.50. The van der Waals surface area contributed by atoms with E-state index < -0.39 is 23.6 Å². The third-order valence-corrected chi connectivity index (χ3v) is 2.58. The summed E-state index contributed by atoms with van der Waals surface area (Å²) in [6.07, 6.45) is -0.901. The summed E-state index contributed by atoms with van der Waals surface area (Å²) in [4.78, 5) is 21.4. The number of alkyl carbamates (subject to hydrolysis) is 1. The Hall–Kier alpha value is -1.50. The summed E-state index contributed by atoms with van der Waals surface area (Å²) < 4.78 is 31.1. The van der Waals surface area contributed by atoms with Gasteiger partial charge >= 0.3 is 6.09 Å². The molecule has 18 heavy (non-hydrogen) atoms. The Labute approximate surface area is 110 Å². The average Bonchev–Trinajstić information content (AvgIpc) is 2.24. The molecule has 0 atom stereocenters. The number of rotatable bonds is 3. The van der Waals surface area contributed by atoms with Crippen LogP contribution < -0.4 is 5.32 Å². The molecule has 1 N–H and O–H groups in total. The summed E-state index contributed by atoms with van der Waals surface area (Å²) in [6.45, 7) is 1.00. The predicted molar refractivity (Wildman–Crippen MR) is 62.9 cm³/mol. The second kappa shape index (κ2) is 6.44. The third kappa shape index (κ3) is 4.40. The van der Waals surface area contributed by atoms with E-state index in [-0.39, 0.29) is 23.1 Å². The van der Waals surface area contributed by atoms with Crippen LogP contribution in [0.15, 0.2) is 16.6 Å². The van der Waals surface area contributed by atoms with Crippen molar-refractivity contribution in [3.05, 3.63) is 33.8 Å². The molecule has 0 unspecified atom stereocenters. The first-order valence-corrected chi connectivity index (χ1v) is 5.77. The lowest BCUT2D eigenvalue weighted by molar-refractivity contribution is -0.118. The van der Waals surface area contributed by atoms with E-state index in [4.69, 9.17) is 0 Å². The number of carbonyl (C=O) groups excluding carboxylic acids is 2. The van der Waals surface area contributed by atoms with Crippen molar-refractivity contribution < 1.29 is 23.1 Å². The van der Waals surface area contributed by atoms with Crippen molar-refractivity contribution in [1.29, 1.82) is 0 Å². The Morgan fingerprint density at radius 3 is 2.61 bits per heavy atom. The van der Waals surface area contributed by atoms with Gasteiger partial charge in [0.1, 0.15) is 11.6 Å². The number of imide groups is 1. The fraction of sp³-hybridized carbons (Fsp3) is 0.273. The summed E-state index contributed by atoms with van der Waals surface area (Å²) in [6, 6.07) is 2.02. The average molecular weight is 322 g/mol. The van der Waals surface area contributed by atoms with Crippen molar-refractivity contribution in [2.75, 3.05) is 6.61 Å². The van der Waals surface area contributed by atoms with Crippen molar-refractivity contribution in [3.63, 3.8) is 0 Å². The molecule has 0 heterocycles. The van der Waals surface area contributed by atoms with Gasteiger partial charge in [0.2, 0.25) is 5.91 Å². The maximum atomic E-state index is 13.4. The molecule has 0 bridgehead atoms. The molecule has 0 fully saturated rings.